The number of nitrogens with two attached hydrogens (primary N) is 1. The predicted molar refractivity (Wildman–Crippen MR) is 183 cm³/mol. The number of nitrogens with zero attached hydrogens (tertiary/aromatic N) is 5. The minimum atomic E-state index is -0.158. The van der Waals surface area contributed by atoms with Gasteiger partial charge in [-0.15, -0.1) is 0 Å². The lowest BCUT2D eigenvalue weighted by atomic mass is 9.97. The third-order valence-electron chi connectivity index (χ3n) is 8.57. The highest BCUT2D eigenvalue weighted by Crippen LogP contribution is 2.42. The highest BCUT2D eigenvalue weighted by Gasteiger charge is 2.28. The number of pyridine rings is 1. The molecule has 11 nitrogen and oxygen atoms in total. The second-order valence-electron chi connectivity index (χ2n) is 11.8. The molecule has 2 fully saturated rings. The van der Waals surface area contributed by atoms with Crippen molar-refractivity contribution >= 4 is 40.6 Å². The van der Waals surface area contributed by atoms with Crippen LogP contribution >= 0.6 is 23.2 Å². The number of benzene rings is 2. The van der Waals surface area contributed by atoms with Crippen LogP contribution in [0.15, 0.2) is 71.9 Å². The second-order valence-corrected chi connectivity index (χ2v) is 12.5. The maximum absolute atomic E-state index is 13.2. The van der Waals surface area contributed by atoms with E-state index < -0.39 is 0 Å². The molecule has 0 bridgehead atoms. The van der Waals surface area contributed by atoms with Gasteiger partial charge in [-0.1, -0.05) is 59.6 Å². The summed E-state index contributed by atoms with van der Waals surface area (Å²) in [5.41, 5.74) is 11.1. The average Bonchev–Trinajstić information content (AvgIpc) is 3.49. The number of aromatic nitrogens is 4. The van der Waals surface area contributed by atoms with Gasteiger partial charge in [0.25, 0.3) is 11.4 Å². The Bertz CT molecular complexity index is 2060. The van der Waals surface area contributed by atoms with E-state index in [0.29, 0.717) is 76.8 Å². The van der Waals surface area contributed by atoms with E-state index >= 15 is 0 Å². The minimum Gasteiger partial charge on any atom is -0.478 e. The van der Waals surface area contributed by atoms with Gasteiger partial charge < -0.3 is 26.0 Å². The Balaban J connectivity index is 1.16. The van der Waals surface area contributed by atoms with Crippen molar-refractivity contribution in [3.05, 3.63) is 93.1 Å². The zero-order valence-corrected chi connectivity index (χ0v) is 27.1. The number of methoxy groups -OCH3 is 1. The van der Waals surface area contributed by atoms with Crippen molar-refractivity contribution in [2.45, 2.75) is 31.5 Å². The smallest absolute Gasteiger partial charge is 0.262 e. The molecule has 1 atom stereocenters. The number of halogens is 2. The van der Waals surface area contributed by atoms with E-state index in [0.717, 1.165) is 28.7 Å². The minimum absolute atomic E-state index is 0.0629. The van der Waals surface area contributed by atoms with Gasteiger partial charge in [0.1, 0.15) is 5.65 Å². The Morgan fingerprint density at radius 1 is 1.00 bits per heavy atom. The fourth-order valence-corrected chi connectivity index (χ4v) is 6.71. The van der Waals surface area contributed by atoms with Crippen LogP contribution in [0.2, 0.25) is 10.0 Å². The van der Waals surface area contributed by atoms with Gasteiger partial charge in [-0.3, -0.25) is 14.0 Å². The van der Waals surface area contributed by atoms with Gasteiger partial charge in [-0.2, -0.15) is 0 Å². The van der Waals surface area contributed by atoms with E-state index in [-0.39, 0.29) is 23.6 Å². The number of hydrogen-bond acceptors (Lipinski definition) is 9. The number of amides is 1. The number of ether oxygens (including phenoxy) is 1. The molecule has 0 radical (unpaired) electrons. The van der Waals surface area contributed by atoms with Gasteiger partial charge >= 0.3 is 0 Å². The molecule has 0 spiro atoms. The molecule has 4 N–H and O–H groups in total. The molecule has 5 aromatic rings. The lowest BCUT2D eigenvalue weighted by Gasteiger charge is -2.37. The van der Waals surface area contributed by atoms with Crippen LogP contribution in [0.25, 0.3) is 39.2 Å². The van der Waals surface area contributed by atoms with Crippen molar-refractivity contribution in [3.63, 3.8) is 0 Å². The van der Waals surface area contributed by atoms with Gasteiger partial charge in [0, 0.05) is 84.9 Å². The maximum atomic E-state index is 13.2. The van der Waals surface area contributed by atoms with E-state index in [2.05, 4.69) is 20.6 Å². The third-order valence-corrected chi connectivity index (χ3v) is 9.39. The van der Waals surface area contributed by atoms with Crippen molar-refractivity contribution in [1.82, 2.24) is 30.0 Å². The SMILES string of the molecule is COc1nc(-c2cccc(-c3cccc(-c4ccn5c(=O)c(CNCC6CCC(=O)N6)cnc5c4)c3Cl)c2Cl)cnc1N1CC(N)C1. The first-order chi connectivity index (χ1) is 22.8. The van der Waals surface area contributed by atoms with Gasteiger partial charge in [-0.05, 0) is 24.1 Å². The molecule has 5 heterocycles. The average molecular weight is 672 g/mol. The van der Waals surface area contributed by atoms with Crippen LogP contribution < -0.4 is 31.6 Å². The molecule has 47 heavy (non-hydrogen) atoms. The zero-order chi connectivity index (χ0) is 32.7. The summed E-state index contributed by atoms with van der Waals surface area (Å²) in [5.74, 6) is 1.12. The molecule has 2 aromatic carbocycles. The van der Waals surface area contributed by atoms with Crippen molar-refractivity contribution in [2.24, 2.45) is 5.73 Å². The molecule has 2 saturated heterocycles. The number of fused-ring (bicyclic) bond motifs is 1. The fraction of sp³-hybridized carbons (Fsp3) is 0.265. The Hall–Kier alpha value is -4.55. The number of rotatable bonds is 9. The maximum Gasteiger partial charge on any atom is 0.262 e. The van der Waals surface area contributed by atoms with E-state index in [1.165, 1.54) is 4.40 Å². The summed E-state index contributed by atoms with van der Waals surface area (Å²) < 4.78 is 7.08. The summed E-state index contributed by atoms with van der Waals surface area (Å²) in [7, 11) is 1.57. The number of hydrogen-bond donors (Lipinski definition) is 3. The summed E-state index contributed by atoms with van der Waals surface area (Å²) in [4.78, 5) is 40.6. The Morgan fingerprint density at radius 3 is 2.43 bits per heavy atom. The molecular weight excluding hydrogens is 639 g/mol. The lowest BCUT2D eigenvalue weighted by Crippen LogP contribution is -2.56. The number of anilines is 1. The van der Waals surface area contributed by atoms with Crippen molar-refractivity contribution in [3.8, 4) is 39.4 Å². The van der Waals surface area contributed by atoms with Gasteiger partial charge in [0.2, 0.25) is 5.91 Å². The molecule has 0 saturated carbocycles. The zero-order valence-electron chi connectivity index (χ0n) is 25.5. The number of nitrogens with one attached hydrogen (secondary N) is 2. The topological polar surface area (TPSA) is 140 Å². The van der Waals surface area contributed by atoms with Crippen LogP contribution in [-0.2, 0) is 11.3 Å². The molecule has 1 amide bonds. The van der Waals surface area contributed by atoms with E-state index in [9.17, 15) is 9.59 Å². The number of carbonyl (C=O) groups excluding carboxylic acids is 1. The molecular formula is C34H32Cl2N8O3. The fourth-order valence-electron chi connectivity index (χ4n) is 6.05. The normalized spacial score (nSPS) is 16.4. The molecule has 2 aliphatic heterocycles. The van der Waals surface area contributed by atoms with Crippen LogP contribution in [0, 0.1) is 0 Å². The third kappa shape index (κ3) is 6.03. The monoisotopic (exact) mass is 670 g/mol. The largest absolute Gasteiger partial charge is 0.478 e. The summed E-state index contributed by atoms with van der Waals surface area (Å²) in [5, 5.41) is 7.16. The quantitative estimate of drug-likeness (QED) is 0.209. The number of carbonyl (C=O) groups is 1. The van der Waals surface area contributed by atoms with Crippen LogP contribution in [0.4, 0.5) is 5.82 Å². The summed E-state index contributed by atoms with van der Waals surface area (Å²) >= 11 is 14.1. The standard InChI is InChI=1S/C34H32Cl2N8O3/c1-47-33-32(43-17-21(37)18-43)40-16-27(42-33)26-7-3-6-25(31(26)36)24-5-2-4-23(30(24)35)19-10-11-44-28(12-19)39-14-20(34(44)46)13-38-15-22-8-9-29(45)41-22/h2-7,10-12,14,16,21-22,38H,8-9,13,15,17-18,37H2,1H3,(H,41,45). The van der Waals surface area contributed by atoms with Crippen molar-refractivity contribution in [1.29, 1.82) is 0 Å². The second kappa shape index (κ2) is 12.9. The predicted octanol–water partition coefficient (Wildman–Crippen LogP) is 4.32. The van der Waals surface area contributed by atoms with E-state index in [4.69, 9.17) is 38.7 Å². The Labute approximate surface area is 280 Å². The van der Waals surface area contributed by atoms with Gasteiger partial charge in [-0.25, -0.2) is 15.0 Å². The molecule has 0 aliphatic carbocycles. The van der Waals surface area contributed by atoms with Crippen molar-refractivity contribution in [2.75, 3.05) is 31.6 Å². The summed E-state index contributed by atoms with van der Waals surface area (Å²) in [6.07, 6.45) is 6.31. The molecule has 2 aliphatic rings. The van der Waals surface area contributed by atoms with E-state index in [1.807, 2.05) is 53.4 Å². The molecule has 7 rings (SSSR count). The first-order valence-electron chi connectivity index (χ1n) is 15.3. The van der Waals surface area contributed by atoms with Crippen LogP contribution in [-0.4, -0.2) is 64.1 Å². The van der Waals surface area contributed by atoms with Crippen LogP contribution in [0.3, 0.4) is 0 Å². The Morgan fingerprint density at radius 2 is 1.72 bits per heavy atom. The first-order valence-corrected chi connectivity index (χ1v) is 16.1. The highest BCUT2D eigenvalue weighted by atomic mass is 35.5. The molecule has 3 aromatic heterocycles. The van der Waals surface area contributed by atoms with Crippen molar-refractivity contribution < 1.29 is 9.53 Å². The van der Waals surface area contributed by atoms with Crippen LogP contribution in [0.1, 0.15) is 18.4 Å². The summed E-state index contributed by atoms with van der Waals surface area (Å²) in [6, 6.07) is 15.3. The van der Waals surface area contributed by atoms with Gasteiger partial charge in [0.15, 0.2) is 5.82 Å². The Kier molecular flexibility index (Phi) is 8.54. The van der Waals surface area contributed by atoms with E-state index in [1.54, 1.807) is 25.7 Å². The molecule has 13 heteroatoms. The summed E-state index contributed by atoms with van der Waals surface area (Å²) in [6.45, 7) is 2.34. The first kappa shape index (κ1) is 31.1. The molecule has 240 valence electrons. The lowest BCUT2D eigenvalue weighted by molar-refractivity contribution is -0.119. The highest BCUT2D eigenvalue weighted by molar-refractivity contribution is 6.39. The van der Waals surface area contributed by atoms with Crippen LogP contribution in [0.5, 0.6) is 5.88 Å². The van der Waals surface area contributed by atoms with Gasteiger partial charge in [0.05, 0.1) is 29.0 Å². The molecule has 1 unspecified atom stereocenters.